The number of anilines is 1. The predicted molar refractivity (Wildman–Crippen MR) is 97.8 cm³/mol. The van der Waals surface area contributed by atoms with Crippen molar-refractivity contribution in [2.45, 2.75) is 13.5 Å². The van der Waals surface area contributed by atoms with Crippen LogP contribution in [0.1, 0.15) is 11.3 Å². The first kappa shape index (κ1) is 14.5. The number of fused-ring (bicyclic) bond motifs is 1. The third kappa shape index (κ3) is 2.86. The van der Waals surface area contributed by atoms with E-state index in [-0.39, 0.29) is 0 Å². The zero-order valence-electron chi connectivity index (χ0n) is 13.5. The Morgan fingerprint density at radius 1 is 1.00 bits per heavy atom. The molecular formula is C20H18N4. The topological polar surface area (TPSA) is 53.6 Å². The van der Waals surface area contributed by atoms with Crippen LogP contribution in [0.2, 0.25) is 0 Å². The number of H-pyrrole nitrogens is 1. The third-order valence-electron chi connectivity index (χ3n) is 4.15. The zero-order chi connectivity index (χ0) is 16.4. The van der Waals surface area contributed by atoms with Crippen molar-refractivity contribution in [3.63, 3.8) is 0 Å². The Bertz CT molecular complexity index is 973. The van der Waals surface area contributed by atoms with Gasteiger partial charge in [0.2, 0.25) is 0 Å². The van der Waals surface area contributed by atoms with Crippen LogP contribution < -0.4 is 5.32 Å². The molecule has 4 rings (SSSR count). The highest BCUT2D eigenvalue weighted by Gasteiger charge is 2.04. The largest absolute Gasteiger partial charge is 0.366 e. The number of nitrogens with zero attached hydrogens (tertiary/aromatic N) is 2. The molecule has 0 saturated carbocycles. The standard InChI is InChI=1S/C20H18N4/c1-14-18(16-5-3-2-4-6-16)9-10-20(23-14)21-12-15-7-8-17-13-22-24-19(17)11-15/h2-11,13H,12H2,1H3,(H,21,23)(H,22,24). The molecule has 4 heteroatoms. The van der Waals surface area contributed by atoms with E-state index in [0.717, 1.165) is 29.0 Å². The summed E-state index contributed by atoms with van der Waals surface area (Å²) in [6.45, 7) is 2.77. The van der Waals surface area contributed by atoms with E-state index >= 15 is 0 Å². The van der Waals surface area contributed by atoms with Crippen LogP contribution in [0.15, 0.2) is 66.9 Å². The molecule has 0 atom stereocenters. The normalized spacial score (nSPS) is 10.9. The molecule has 0 unspecified atom stereocenters. The van der Waals surface area contributed by atoms with Crippen LogP contribution in [0.3, 0.4) is 0 Å². The van der Waals surface area contributed by atoms with Crippen molar-refractivity contribution in [2.24, 2.45) is 0 Å². The molecule has 0 spiro atoms. The van der Waals surface area contributed by atoms with E-state index in [9.17, 15) is 0 Å². The number of aromatic nitrogens is 3. The maximum Gasteiger partial charge on any atom is 0.126 e. The first-order valence-electron chi connectivity index (χ1n) is 7.98. The molecule has 2 aromatic heterocycles. The summed E-state index contributed by atoms with van der Waals surface area (Å²) in [5.74, 6) is 0.886. The molecule has 0 aliphatic rings. The first-order valence-corrected chi connectivity index (χ1v) is 7.98. The third-order valence-corrected chi connectivity index (χ3v) is 4.15. The Balaban J connectivity index is 1.51. The fraction of sp³-hybridized carbons (Fsp3) is 0.100. The van der Waals surface area contributed by atoms with Crippen LogP contribution in [-0.4, -0.2) is 15.2 Å². The summed E-state index contributed by atoms with van der Waals surface area (Å²) < 4.78 is 0. The van der Waals surface area contributed by atoms with Gasteiger partial charge >= 0.3 is 0 Å². The molecule has 4 nitrogen and oxygen atoms in total. The van der Waals surface area contributed by atoms with Gasteiger partial charge in [-0.15, -0.1) is 0 Å². The van der Waals surface area contributed by atoms with E-state index in [1.165, 1.54) is 16.7 Å². The molecule has 2 aromatic carbocycles. The number of hydrogen-bond acceptors (Lipinski definition) is 3. The molecule has 24 heavy (non-hydrogen) atoms. The number of aryl methyl sites for hydroxylation is 1. The molecule has 0 saturated heterocycles. The zero-order valence-corrected chi connectivity index (χ0v) is 13.5. The highest BCUT2D eigenvalue weighted by Crippen LogP contribution is 2.23. The van der Waals surface area contributed by atoms with Crippen LogP contribution in [0.25, 0.3) is 22.0 Å². The lowest BCUT2D eigenvalue weighted by atomic mass is 10.0. The van der Waals surface area contributed by atoms with Gasteiger partial charge in [-0.1, -0.05) is 42.5 Å². The average Bonchev–Trinajstić information content (AvgIpc) is 3.08. The van der Waals surface area contributed by atoms with Crippen molar-refractivity contribution in [1.82, 2.24) is 15.2 Å². The number of aromatic amines is 1. The smallest absolute Gasteiger partial charge is 0.126 e. The summed E-state index contributed by atoms with van der Waals surface area (Å²) >= 11 is 0. The molecule has 118 valence electrons. The fourth-order valence-corrected chi connectivity index (χ4v) is 2.87. The molecule has 0 amide bonds. The summed E-state index contributed by atoms with van der Waals surface area (Å²) in [5.41, 5.74) is 5.63. The quantitative estimate of drug-likeness (QED) is 0.581. The fourth-order valence-electron chi connectivity index (χ4n) is 2.87. The summed E-state index contributed by atoms with van der Waals surface area (Å²) in [5, 5.41) is 11.6. The van der Waals surface area contributed by atoms with Gasteiger partial charge in [0.05, 0.1) is 11.7 Å². The van der Waals surface area contributed by atoms with Gasteiger partial charge < -0.3 is 5.32 Å². The molecule has 0 bridgehead atoms. The minimum Gasteiger partial charge on any atom is -0.366 e. The van der Waals surface area contributed by atoms with Gasteiger partial charge in [-0.25, -0.2) is 4.98 Å². The van der Waals surface area contributed by atoms with Crippen LogP contribution in [0.4, 0.5) is 5.82 Å². The maximum absolute atomic E-state index is 4.69. The van der Waals surface area contributed by atoms with Crippen molar-refractivity contribution in [1.29, 1.82) is 0 Å². The van der Waals surface area contributed by atoms with Crippen molar-refractivity contribution in [3.8, 4) is 11.1 Å². The van der Waals surface area contributed by atoms with Gasteiger partial charge in [0.15, 0.2) is 0 Å². The van der Waals surface area contributed by atoms with E-state index in [0.29, 0.717) is 0 Å². The summed E-state index contributed by atoms with van der Waals surface area (Å²) in [6, 6.07) is 20.8. The van der Waals surface area contributed by atoms with Crippen LogP contribution in [0, 0.1) is 6.92 Å². The van der Waals surface area contributed by atoms with E-state index in [2.05, 4.69) is 56.9 Å². The minimum absolute atomic E-state index is 0.728. The second-order valence-electron chi connectivity index (χ2n) is 5.84. The van der Waals surface area contributed by atoms with Gasteiger partial charge in [0.25, 0.3) is 0 Å². The number of pyridine rings is 1. The van der Waals surface area contributed by atoms with E-state index in [4.69, 9.17) is 0 Å². The second-order valence-corrected chi connectivity index (χ2v) is 5.84. The molecule has 2 N–H and O–H groups in total. The summed E-state index contributed by atoms with van der Waals surface area (Å²) in [4.78, 5) is 4.69. The van der Waals surface area contributed by atoms with Crippen molar-refractivity contribution < 1.29 is 0 Å². The minimum atomic E-state index is 0.728. The Hall–Kier alpha value is -3.14. The summed E-state index contributed by atoms with van der Waals surface area (Å²) in [6.07, 6.45) is 1.83. The molecule has 2 heterocycles. The van der Waals surface area contributed by atoms with E-state index in [1.54, 1.807) is 0 Å². The van der Waals surface area contributed by atoms with Gasteiger partial charge in [0.1, 0.15) is 5.82 Å². The number of nitrogens with one attached hydrogen (secondary N) is 2. The Kier molecular flexibility index (Phi) is 3.71. The highest BCUT2D eigenvalue weighted by atomic mass is 15.1. The highest BCUT2D eigenvalue weighted by molar-refractivity contribution is 5.78. The first-order chi connectivity index (χ1) is 11.8. The van der Waals surface area contributed by atoms with E-state index in [1.807, 2.05) is 37.4 Å². The predicted octanol–water partition coefficient (Wildman–Crippen LogP) is 4.55. The molecule has 4 aromatic rings. The number of hydrogen-bond donors (Lipinski definition) is 2. The van der Waals surface area contributed by atoms with E-state index < -0.39 is 0 Å². The van der Waals surface area contributed by atoms with Crippen LogP contribution in [-0.2, 0) is 6.54 Å². The van der Waals surface area contributed by atoms with Crippen molar-refractivity contribution in [2.75, 3.05) is 5.32 Å². The van der Waals surface area contributed by atoms with Crippen LogP contribution >= 0.6 is 0 Å². The lowest BCUT2D eigenvalue weighted by Gasteiger charge is -2.10. The molecular weight excluding hydrogens is 296 g/mol. The van der Waals surface area contributed by atoms with Gasteiger partial charge in [-0.3, -0.25) is 5.10 Å². The lowest BCUT2D eigenvalue weighted by molar-refractivity contribution is 1.09. The molecule has 0 radical (unpaired) electrons. The number of benzene rings is 2. The average molecular weight is 314 g/mol. The summed E-state index contributed by atoms with van der Waals surface area (Å²) in [7, 11) is 0. The van der Waals surface area contributed by atoms with Crippen molar-refractivity contribution >= 4 is 16.7 Å². The Labute approximate surface area is 140 Å². The van der Waals surface area contributed by atoms with Gasteiger partial charge in [-0.2, -0.15) is 5.10 Å². The molecule has 0 aliphatic carbocycles. The molecule has 0 aliphatic heterocycles. The maximum atomic E-state index is 4.69. The van der Waals surface area contributed by atoms with Crippen LogP contribution in [0.5, 0.6) is 0 Å². The lowest BCUT2D eigenvalue weighted by Crippen LogP contribution is -2.02. The van der Waals surface area contributed by atoms with Crippen molar-refractivity contribution in [3.05, 3.63) is 78.1 Å². The Morgan fingerprint density at radius 2 is 1.88 bits per heavy atom. The second kappa shape index (κ2) is 6.16. The van der Waals surface area contributed by atoms with Gasteiger partial charge in [0, 0.05) is 23.2 Å². The SMILES string of the molecule is Cc1nc(NCc2ccc3cn[nH]c3c2)ccc1-c1ccccc1. The van der Waals surface area contributed by atoms with Gasteiger partial charge in [-0.05, 0) is 36.2 Å². The molecule has 0 fully saturated rings. The number of rotatable bonds is 4. The Morgan fingerprint density at radius 3 is 2.71 bits per heavy atom. The monoisotopic (exact) mass is 314 g/mol.